The third-order valence-electron chi connectivity index (χ3n) is 4.37. The summed E-state index contributed by atoms with van der Waals surface area (Å²) in [6.07, 6.45) is 0. The molecule has 0 saturated carbocycles. The molecule has 1 heterocycles. The molecule has 0 bridgehead atoms. The molecule has 0 spiro atoms. The van der Waals surface area contributed by atoms with Gasteiger partial charge in [0.05, 0.1) is 19.9 Å². The average molecular weight is 424 g/mol. The van der Waals surface area contributed by atoms with Crippen LogP contribution in [0, 0.1) is 18.3 Å². The van der Waals surface area contributed by atoms with Gasteiger partial charge in [0.1, 0.15) is 17.5 Å². The Kier molecular flexibility index (Phi) is 5.33. The summed E-state index contributed by atoms with van der Waals surface area (Å²) in [5.41, 5.74) is 10.4. The van der Waals surface area contributed by atoms with Crippen LogP contribution >= 0.6 is 15.9 Å². The highest BCUT2D eigenvalue weighted by Gasteiger charge is 2.22. The van der Waals surface area contributed by atoms with Gasteiger partial charge in [0.2, 0.25) is 0 Å². The molecule has 0 atom stereocenters. The standard InChI is InChI=1S/C21H18BrN3O2/c1-12-18(15-5-4-6-17(26-2)20(15)27-3)16(11-23)21(24)25-19(12)13-7-9-14(22)10-8-13/h4-10H,1-3H3,(H2,24,25). The van der Waals surface area contributed by atoms with Crippen LogP contribution in [-0.4, -0.2) is 19.2 Å². The first-order chi connectivity index (χ1) is 13.0. The molecule has 2 N–H and O–H groups in total. The third-order valence-corrected chi connectivity index (χ3v) is 4.90. The van der Waals surface area contributed by atoms with Gasteiger partial charge in [-0.3, -0.25) is 0 Å². The van der Waals surface area contributed by atoms with Crippen LogP contribution in [-0.2, 0) is 0 Å². The lowest BCUT2D eigenvalue weighted by atomic mass is 9.92. The van der Waals surface area contributed by atoms with Crippen molar-refractivity contribution in [3.05, 3.63) is 58.1 Å². The molecule has 0 aliphatic rings. The van der Waals surface area contributed by atoms with E-state index in [0.29, 0.717) is 22.6 Å². The highest BCUT2D eigenvalue weighted by Crippen LogP contribution is 2.43. The molecule has 3 rings (SSSR count). The molecule has 0 aliphatic carbocycles. The third kappa shape index (κ3) is 3.34. The Morgan fingerprint density at radius 3 is 2.37 bits per heavy atom. The molecule has 1 aromatic heterocycles. The fraction of sp³-hybridized carbons (Fsp3) is 0.143. The van der Waals surface area contributed by atoms with E-state index in [2.05, 4.69) is 27.0 Å². The normalized spacial score (nSPS) is 10.3. The Morgan fingerprint density at radius 1 is 1.07 bits per heavy atom. The summed E-state index contributed by atoms with van der Waals surface area (Å²) < 4.78 is 12.0. The number of aromatic nitrogens is 1. The van der Waals surface area contributed by atoms with Gasteiger partial charge in [0.25, 0.3) is 0 Å². The quantitative estimate of drug-likeness (QED) is 0.641. The molecular weight excluding hydrogens is 406 g/mol. The number of para-hydroxylation sites is 1. The molecule has 0 radical (unpaired) electrons. The number of pyridine rings is 1. The number of nitrogen functional groups attached to an aromatic ring is 1. The van der Waals surface area contributed by atoms with Crippen molar-refractivity contribution in [2.45, 2.75) is 6.92 Å². The summed E-state index contributed by atoms with van der Waals surface area (Å²) in [5, 5.41) is 9.72. The van der Waals surface area contributed by atoms with E-state index in [0.717, 1.165) is 26.9 Å². The lowest BCUT2D eigenvalue weighted by Gasteiger charge is -2.18. The predicted octanol–water partition coefficient (Wildman–Crippen LogP) is 4.96. The molecule has 0 aliphatic heterocycles. The fourth-order valence-electron chi connectivity index (χ4n) is 3.12. The van der Waals surface area contributed by atoms with Crippen molar-refractivity contribution in [3.8, 4) is 40.0 Å². The molecule has 27 heavy (non-hydrogen) atoms. The number of methoxy groups -OCH3 is 2. The monoisotopic (exact) mass is 423 g/mol. The van der Waals surface area contributed by atoms with Crippen molar-refractivity contribution >= 4 is 21.7 Å². The maximum absolute atomic E-state index is 9.72. The van der Waals surface area contributed by atoms with Crippen LogP contribution in [0.1, 0.15) is 11.1 Å². The lowest BCUT2D eigenvalue weighted by molar-refractivity contribution is 0.356. The summed E-state index contributed by atoms with van der Waals surface area (Å²) in [6, 6.07) is 15.5. The summed E-state index contributed by atoms with van der Waals surface area (Å²) in [5.74, 6) is 1.31. The van der Waals surface area contributed by atoms with Crippen molar-refractivity contribution in [1.29, 1.82) is 5.26 Å². The van der Waals surface area contributed by atoms with Crippen LogP contribution in [0.25, 0.3) is 22.4 Å². The minimum atomic E-state index is 0.181. The number of rotatable bonds is 4. The first-order valence-electron chi connectivity index (χ1n) is 8.19. The topological polar surface area (TPSA) is 81.2 Å². The number of nitrogens with two attached hydrogens (primary N) is 1. The largest absolute Gasteiger partial charge is 0.493 e. The first kappa shape index (κ1) is 18.7. The summed E-state index contributed by atoms with van der Waals surface area (Å²) >= 11 is 3.44. The number of nitrogens with zero attached hydrogens (tertiary/aromatic N) is 2. The summed E-state index contributed by atoms with van der Waals surface area (Å²) in [7, 11) is 3.15. The van der Waals surface area contributed by atoms with Crippen molar-refractivity contribution in [2.24, 2.45) is 0 Å². The van der Waals surface area contributed by atoms with E-state index in [1.807, 2.05) is 49.4 Å². The van der Waals surface area contributed by atoms with Gasteiger partial charge in [-0.15, -0.1) is 0 Å². The van der Waals surface area contributed by atoms with Gasteiger partial charge < -0.3 is 15.2 Å². The van der Waals surface area contributed by atoms with Gasteiger partial charge in [0.15, 0.2) is 11.5 Å². The molecule has 0 amide bonds. The summed E-state index contributed by atoms with van der Waals surface area (Å²) in [6.45, 7) is 1.93. The molecule has 136 valence electrons. The molecule has 0 fully saturated rings. The number of anilines is 1. The van der Waals surface area contributed by atoms with E-state index in [9.17, 15) is 5.26 Å². The number of hydrogen-bond acceptors (Lipinski definition) is 5. The van der Waals surface area contributed by atoms with E-state index >= 15 is 0 Å². The minimum Gasteiger partial charge on any atom is -0.493 e. The Balaban J connectivity index is 2.37. The van der Waals surface area contributed by atoms with Gasteiger partial charge in [-0.25, -0.2) is 4.98 Å². The second-order valence-corrected chi connectivity index (χ2v) is 6.80. The summed E-state index contributed by atoms with van der Waals surface area (Å²) in [4.78, 5) is 4.50. The van der Waals surface area contributed by atoms with Crippen LogP contribution in [0.4, 0.5) is 5.82 Å². The minimum absolute atomic E-state index is 0.181. The zero-order chi connectivity index (χ0) is 19.6. The number of hydrogen-bond donors (Lipinski definition) is 1. The molecule has 6 heteroatoms. The Bertz CT molecular complexity index is 1040. The van der Waals surface area contributed by atoms with E-state index in [4.69, 9.17) is 15.2 Å². The molecule has 0 unspecified atom stereocenters. The van der Waals surface area contributed by atoms with Crippen LogP contribution < -0.4 is 15.2 Å². The Labute approximate surface area is 166 Å². The van der Waals surface area contributed by atoms with Crippen molar-refractivity contribution in [2.75, 3.05) is 20.0 Å². The second kappa shape index (κ2) is 7.68. The van der Waals surface area contributed by atoms with Gasteiger partial charge in [-0.2, -0.15) is 5.26 Å². The van der Waals surface area contributed by atoms with Gasteiger partial charge in [-0.05, 0) is 30.7 Å². The highest BCUT2D eigenvalue weighted by atomic mass is 79.9. The highest BCUT2D eigenvalue weighted by molar-refractivity contribution is 9.10. The molecular formula is C21H18BrN3O2. The molecule has 2 aromatic carbocycles. The molecule has 0 saturated heterocycles. The molecule has 5 nitrogen and oxygen atoms in total. The smallest absolute Gasteiger partial charge is 0.168 e. The number of benzene rings is 2. The first-order valence-corrected chi connectivity index (χ1v) is 8.98. The van der Waals surface area contributed by atoms with Gasteiger partial charge in [0, 0.05) is 21.2 Å². The van der Waals surface area contributed by atoms with E-state index in [1.165, 1.54) is 0 Å². The van der Waals surface area contributed by atoms with Gasteiger partial charge >= 0.3 is 0 Å². The van der Waals surface area contributed by atoms with E-state index < -0.39 is 0 Å². The predicted molar refractivity (Wildman–Crippen MR) is 110 cm³/mol. The number of ether oxygens (including phenoxy) is 2. The zero-order valence-corrected chi connectivity index (χ0v) is 16.8. The van der Waals surface area contributed by atoms with Crippen LogP contribution in [0.5, 0.6) is 11.5 Å². The van der Waals surface area contributed by atoms with E-state index in [-0.39, 0.29) is 5.82 Å². The fourth-order valence-corrected chi connectivity index (χ4v) is 3.38. The average Bonchev–Trinajstić information content (AvgIpc) is 2.69. The van der Waals surface area contributed by atoms with Crippen molar-refractivity contribution in [3.63, 3.8) is 0 Å². The lowest BCUT2D eigenvalue weighted by Crippen LogP contribution is -2.04. The second-order valence-electron chi connectivity index (χ2n) is 5.88. The molecule has 3 aromatic rings. The maximum atomic E-state index is 9.72. The number of halogens is 1. The van der Waals surface area contributed by atoms with Crippen molar-refractivity contribution in [1.82, 2.24) is 4.98 Å². The Hall–Kier alpha value is -3.04. The van der Waals surface area contributed by atoms with E-state index in [1.54, 1.807) is 14.2 Å². The van der Waals surface area contributed by atoms with Crippen molar-refractivity contribution < 1.29 is 9.47 Å². The number of nitriles is 1. The SMILES string of the molecule is COc1cccc(-c2c(C)c(-c3ccc(Br)cc3)nc(N)c2C#N)c1OC. The maximum Gasteiger partial charge on any atom is 0.168 e. The van der Waals surface area contributed by atoms with Crippen LogP contribution in [0.15, 0.2) is 46.9 Å². The van der Waals surface area contributed by atoms with Gasteiger partial charge in [-0.1, -0.05) is 40.2 Å². The Morgan fingerprint density at radius 2 is 1.78 bits per heavy atom. The zero-order valence-electron chi connectivity index (χ0n) is 15.2. The van der Waals surface area contributed by atoms with Crippen LogP contribution in [0.2, 0.25) is 0 Å². The van der Waals surface area contributed by atoms with Crippen LogP contribution in [0.3, 0.4) is 0 Å².